The zero-order valence-electron chi connectivity index (χ0n) is 14.5. The molecule has 0 saturated carbocycles. The highest BCUT2D eigenvalue weighted by atomic mass is 19.1. The van der Waals surface area contributed by atoms with Gasteiger partial charge >= 0.3 is 0 Å². The summed E-state index contributed by atoms with van der Waals surface area (Å²) in [7, 11) is 0. The van der Waals surface area contributed by atoms with Gasteiger partial charge in [-0.3, -0.25) is 4.98 Å². The molecule has 4 rings (SSSR count). The number of hydrogen-bond donors (Lipinski definition) is 1. The van der Waals surface area contributed by atoms with Crippen molar-refractivity contribution in [2.75, 3.05) is 5.32 Å². The molecule has 2 aromatic heterocycles. The smallest absolute Gasteiger partial charge is 0.163 e. The fraction of sp³-hybridized carbons (Fsp3) is 0.0952. The molecule has 1 atom stereocenters. The predicted molar refractivity (Wildman–Crippen MR) is 101 cm³/mol. The molecule has 0 aliphatic carbocycles. The third kappa shape index (κ3) is 3.46. The second-order valence-electron chi connectivity index (χ2n) is 6.19. The van der Waals surface area contributed by atoms with E-state index in [9.17, 15) is 8.78 Å². The van der Waals surface area contributed by atoms with Crippen molar-refractivity contribution in [3.05, 3.63) is 84.2 Å². The van der Waals surface area contributed by atoms with E-state index in [4.69, 9.17) is 0 Å². The number of benzene rings is 2. The molecule has 0 saturated heterocycles. The number of halogens is 2. The minimum atomic E-state index is -0.602. The monoisotopic (exact) mass is 362 g/mol. The summed E-state index contributed by atoms with van der Waals surface area (Å²) in [6.45, 7) is 1.80. The Morgan fingerprint density at radius 1 is 0.963 bits per heavy atom. The van der Waals surface area contributed by atoms with Crippen molar-refractivity contribution in [3.8, 4) is 11.4 Å². The van der Waals surface area contributed by atoms with Crippen LogP contribution in [0.25, 0.3) is 22.3 Å². The fourth-order valence-corrected chi connectivity index (χ4v) is 2.95. The minimum Gasteiger partial charge on any atom is -0.363 e. The zero-order chi connectivity index (χ0) is 18.8. The van der Waals surface area contributed by atoms with Crippen LogP contribution < -0.4 is 5.32 Å². The van der Waals surface area contributed by atoms with Gasteiger partial charge in [0.2, 0.25) is 0 Å². The Morgan fingerprint density at radius 3 is 2.59 bits per heavy atom. The van der Waals surface area contributed by atoms with Crippen molar-refractivity contribution in [1.29, 1.82) is 0 Å². The molecule has 0 radical (unpaired) electrons. The Hall–Kier alpha value is -3.41. The largest absolute Gasteiger partial charge is 0.363 e. The standard InChI is InChI=1S/C21H16F2N4/c1-13(16-9-8-15(22)11-18(16)23)25-21-17-6-2-3-7-19(17)26-20(27-21)14-5-4-10-24-12-14/h2-13H,1H3,(H,25,26,27)/t13-/m1/s1. The van der Waals surface area contributed by atoms with E-state index in [2.05, 4.69) is 20.3 Å². The molecule has 0 fully saturated rings. The summed E-state index contributed by atoms with van der Waals surface area (Å²) in [6.07, 6.45) is 3.38. The van der Waals surface area contributed by atoms with Crippen molar-refractivity contribution in [2.45, 2.75) is 13.0 Å². The van der Waals surface area contributed by atoms with Gasteiger partial charge in [0.05, 0.1) is 11.6 Å². The maximum Gasteiger partial charge on any atom is 0.163 e. The molecule has 6 heteroatoms. The summed E-state index contributed by atoms with van der Waals surface area (Å²) in [5.74, 6) is -0.0950. The van der Waals surface area contributed by atoms with Gasteiger partial charge in [0, 0.05) is 35.0 Å². The lowest BCUT2D eigenvalue weighted by Crippen LogP contribution is -2.11. The maximum absolute atomic E-state index is 14.1. The van der Waals surface area contributed by atoms with Gasteiger partial charge in [-0.15, -0.1) is 0 Å². The van der Waals surface area contributed by atoms with Crippen LogP contribution in [0.5, 0.6) is 0 Å². The molecule has 0 spiro atoms. The highest BCUT2D eigenvalue weighted by Crippen LogP contribution is 2.28. The lowest BCUT2D eigenvalue weighted by Gasteiger charge is -2.18. The van der Waals surface area contributed by atoms with Crippen LogP contribution in [-0.2, 0) is 0 Å². The summed E-state index contributed by atoms with van der Waals surface area (Å²) < 4.78 is 27.3. The number of anilines is 1. The van der Waals surface area contributed by atoms with E-state index in [0.717, 1.165) is 22.5 Å². The van der Waals surface area contributed by atoms with Crippen LogP contribution >= 0.6 is 0 Å². The van der Waals surface area contributed by atoms with Crippen molar-refractivity contribution < 1.29 is 8.78 Å². The van der Waals surface area contributed by atoms with Crippen LogP contribution in [0.3, 0.4) is 0 Å². The van der Waals surface area contributed by atoms with E-state index in [1.54, 1.807) is 19.3 Å². The average molecular weight is 362 g/mol. The van der Waals surface area contributed by atoms with E-state index < -0.39 is 17.7 Å². The predicted octanol–water partition coefficient (Wildman–Crippen LogP) is 5.14. The van der Waals surface area contributed by atoms with Gasteiger partial charge in [-0.05, 0) is 37.3 Å². The Balaban J connectivity index is 1.78. The van der Waals surface area contributed by atoms with Crippen molar-refractivity contribution >= 4 is 16.7 Å². The average Bonchev–Trinajstić information content (AvgIpc) is 2.68. The van der Waals surface area contributed by atoms with Crippen molar-refractivity contribution in [3.63, 3.8) is 0 Å². The third-order valence-corrected chi connectivity index (χ3v) is 4.31. The van der Waals surface area contributed by atoms with Crippen molar-refractivity contribution in [1.82, 2.24) is 15.0 Å². The first-order valence-corrected chi connectivity index (χ1v) is 8.50. The highest BCUT2D eigenvalue weighted by Gasteiger charge is 2.15. The molecule has 0 amide bonds. The van der Waals surface area contributed by atoms with E-state index in [1.165, 1.54) is 12.1 Å². The molecule has 0 aliphatic rings. The summed E-state index contributed by atoms with van der Waals surface area (Å²) >= 11 is 0. The molecule has 2 aromatic carbocycles. The molecular formula is C21H16F2N4. The second-order valence-corrected chi connectivity index (χ2v) is 6.19. The molecular weight excluding hydrogens is 346 g/mol. The molecule has 0 unspecified atom stereocenters. The van der Waals surface area contributed by atoms with Crippen LogP contribution in [0, 0.1) is 11.6 Å². The normalized spacial score (nSPS) is 12.1. The highest BCUT2D eigenvalue weighted by molar-refractivity contribution is 5.90. The van der Waals surface area contributed by atoms with E-state index in [0.29, 0.717) is 17.2 Å². The summed E-state index contributed by atoms with van der Waals surface area (Å²) in [4.78, 5) is 13.3. The topological polar surface area (TPSA) is 50.7 Å². The van der Waals surface area contributed by atoms with E-state index in [-0.39, 0.29) is 0 Å². The number of rotatable bonds is 4. The van der Waals surface area contributed by atoms with Crippen molar-refractivity contribution in [2.24, 2.45) is 0 Å². The molecule has 0 aliphatic heterocycles. The SMILES string of the molecule is C[C@@H](Nc1nc(-c2cccnc2)nc2ccccc12)c1ccc(F)cc1F. The van der Waals surface area contributed by atoms with Crippen LogP contribution in [0.2, 0.25) is 0 Å². The summed E-state index contributed by atoms with van der Waals surface area (Å²) in [5.41, 5.74) is 1.91. The number of pyridine rings is 1. The van der Waals surface area contributed by atoms with Gasteiger partial charge < -0.3 is 5.32 Å². The van der Waals surface area contributed by atoms with Crippen LogP contribution in [0.15, 0.2) is 67.0 Å². The van der Waals surface area contributed by atoms with Crippen LogP contribution in [0.4, 0.5) is 14.6 Å². The third-order valence-electron chi connectivity index (χ3n) is 4.31. The number of para-hydroxylation sites is 1. The molecule has 2 heterocycles. The second kappa shape index (κ2) is 7.07. The molecule has 4 aromatic rings. The molecule has 1 N–H and O–H groups in total. The van der Waals surface area contributed by atoms with Gasteiger partial charge in [0.15, 0.2) is 5.82 Å². The fourth-order valence-electron chi connectivity index (χ4n) is 2.95. The van der Waals surface area contributed by atoms with E-state index >= 15 is 0 Å². The molecule has 4 nitrogen and oxygen atoms in total. The van der Waals surface area contributed by atoms with Gasteiger partial charge in [0.1, 0.15) is 17.5 Å². The number of nitrogens with one attached hydrogen (secondary N) is 1. The zero-order valence-corrected chi connectivity index (χ0v) is 14.5. The molecule has 134 valence electrons. The van der Waals surface area contributed by atoms with E-state index in [1.807, 2.05) is 36.4 Å². The number of aromatic nitrogens is 3. The van der Waals surface area contributed by atoms with Crippen LogP contribution in [0.1, 0.15) is 18.5 Å². The number of nitrogens with zero attached hydrogens (tertiary/aromatic N) is 3. The lowest BCUT2D eigenvalue weighted by atomic mass is 10.1. The number of hydrogen-bond acceptors (Lipinski definition) is 4. The summed E-state index contributed by atoms with van der Waals surface area (Å²) in [6, 6.07) is 14.4. The Kier molecular flexibility index (Phi) is 4.46. The number of fused-ring (bicyclic) bond motifs is 1. The summed E-state index contributed by atoms with van der Waals surface area (Å²) in [5, 5.41) is 4.06. The van der Waals surface area contributed by atoms with Gasteiger partial charge in [-0.25, -0.2) is 18.7 Å². The van der Waals surface area contributed by atoms with Gasteiger partial charge in [0.25, 0.3) is 0 Å². The Bertz CT molecular complexity index is 1100. The van der Waals surface area contributed by atoms with Gasteiger partial charge in [-0.2, -0.15) is 0 Å². The van der Waals surface area contributed by atoms with Crippen LogP contribution in [-0.4, -0.2) is 15.0 Å². The Morgan fingerprint density at radius 2 is 1.81 bits per heavy atom. The minimum absolute atomic E-state index is 0.363. The quantitative estimate of drug-likeness (QED) is 0.546. The first-order valence-electron chi connectivity index (χ1n) is 8.50. The van der Waals surface area contributed by atoms with Gasteiger partial charge in [-0.1, -0.05) is 18.2 Å². The molecule has 27 heavy (non-hydrogen) atoms. The maximum atomic E-state index is 14.1. The lowest BCUT2D eigenvalue weighted by molar-refractivity contribution is 0.566. The first-order chi connectivity index (χ1) is 13.1. The first kappa shape index (κ1) is 17.0. The molecule has 0 bridgehead atoms. The Labute approximate surface area is 154 Å².